The number of non-ortho nitro benzene ring substituents is 1. The van der Waals surface area contributed by atoms with Crippen molar-refractivity contribution in [3.05, 3.63) is 45.9 Å². The molecular weight excluding hydrogens is 154 g/mol. The van der Waals surface area contributed by atoms with Crippen molar-refractivity contribution in [2.45, 2.75) is 12.8 Å². The maximum atomic E-state index is 10.3. The fraction of sp³-hybridized carbons (Fsp3) is 0.222. The van der Waals surface area contributed by atoms with Gasteiger partial charge in [-0.15, -0.1) is 0 Å². The highest BCUT2D eigenvalue weighted by Crippen LogP contribution is 2.39. The Hall–Kier alpha value is -1.38. The fourth-order valence-corrected chi connectivity index (χ4v) is 1.17. The number of hydrogen-bond donors (Lipinski definition) is 0. The zero-order valence-corrected chi connectivity index (χ0v) is 6.49. The molecule has 3 nitrogen and oxygen atoms in total. The van der Waals surface area contributed by atoms with Crippen molar-refractivity contribution in [1.82, 2.24) is 0 Å². The van der Waals surface area contributed by atoms with E-state index in [1.165, 1.54) is 5.92 Å². The molecule has 1 aliphatic carbocycles. The van der Waals surface area contributed by atoms with Gasteiger partial charge in [-0.2, -0.15) is 0 Å². The molecule has 0 atom stereocenters. The van der Waals surface area contributed by atoms with Crippen molar-refractivity contribution in [3.63, 3.8) is 0 Å². The number of nitro benzene ring substituents is 1. The first-order chi connectivity index (χ1) is 5.77. The number of benzene rings is 1. The minimum atomic E-state index is -0.374. The van der Waals surface area contributed by atoms with Gasteiger partial charge in [0.15, 0.2) is 0 Å². The molecule has 1 aromatic rings. The minimum Gasteiger partial charge on any atom is -0.258 e. The van der Waals surface area contributed by atoms with E-state index in [-0.39, 0.29) is 10.6 Å². The summed E-state index contributed by atoms with van der Waals surface area (Å²) in [7, 11) is 0. The Balaban J connectivity index is 2.24. The summed E-state index contributed by atoms with van der Waals surface area (Å²) in [5.41, 5.74) is 1.32. The van der Waals surface area contributed by atoms with Crippen LogP contribution in [0.5, 0.6) is 0 Å². The molecule has 1 radical (unpaired) electrons. The van der Waals surface area contributed by atoms with Crippen LogP contribution < -0.4 is 0 Å². The maximum absolute atomic E-state index is 10.3. The van der Waals surface area contributed by atoms with E-state index in [9.17, 15) is 10.1 Å². The molecule has 1 aromatic carbocycles. The molecule has 2 rings (SSSR count). The van der Waals surface area contributed by atoms with Gasteiger partial charge >= 0.3 is 0 Å². The van der Waals surface area contributed by atoms with Crippen molar-refractivity contribution in [2.24, 2.45) is 0 Å². The molecule has 12 heavy (non-hydrogen) atoms. The Labute approximate surface area is 70.2 Å². The lowest BCUT2D eigenvalue weighted by molar-refractivity contribution is -0.384. The second-order valence-electron chi connectivity index (χ2n) is 2.91. The molecule has 1 saturated carbocycles. The minimum absolute atomic E-state index is 0.167. The van der Waals surface area contributed by atoms with E-state index in [0.29, 0.717) is 0 Å². The zero-order chi connectivity index (χ0) is 8.55. The molecule has 0 heterocycles. The van der Waals surface area contributed by atoms with Crippen LogP contribution in [-0.2, 0) is 0 Å². The molecule has 0 bridgehead atoms. The summed E-state index contributed by atoms with van der Waals surface area (Å²) in [6.07, 6.45) is 2.30. The third kappa shape index (κ3) is 1.30. The van der Waals surface area contributed by atoms with Gasteiger partial charge in [0, 0.05) is 18.1 Å². The maximum Gasteiger partial charge on any atom is 0.269 e. The first-order valence-electron chi connectivity index (χ1n) is 3.87. The third-order valence-electron chi connectivity index (χ3n) is 1.99. The largest absolute Gasteiger partial charge is 0.269 e. The molecule has 0 spiro atoms. The summed E-state index contributed by atoms with van der Waals surface area (Å²) >= 11 is 0. The molecule has 61 valence electrons. The van der Waals surface area contributed by atoms with Crippen LogP contribution >= 0.6 is 0 Å². The first-order valence-corrected chi connectivity index (χ1v) is 3.87. The van der Waals surface area contributed by atoms with Crippen molar-refractivity contribution in [3.8, 4) is 0 Å². The molecule has 0 saturated heterocycles. The van der Waals surface area contributed by atoms with Crippen LogP contribution in [0.25, 0.3) is 0 Å². The van der Waals surface area contributed by atoms with Crippen LogP contribution in [0.1, 0.15) is 18.4 Å². The number of nitro groups is 1. The average Bonchev–Trinajstić information content (AvgIpc) is 2.87. The Morgan fingerprint density at radius 3 is 2.17 bits per heavy atom. The van der Waals surface area contributed by atoms with Gasteiger partial charge in [0.1, 0.15) is 0 Å². The smallest absolute Gasteiger partial charge is 0.258 e. The van der Waals surface area contributed by atoms with Crippen LogP contribution in [0.15, 0.2) is 24.3 Å². The Morgan fingerprint density at radius 2 is 1.75 bits per heavy atom. The SMILES string of the molecule is O=[N+]([O-])c1ccc([C]2CC2)cc1. The highest BCUT2D eigenvalue weighted by Gasteiger charge is 2.24. The van der Waals surface area contributed by atoms with E-state index in [1.807, 2.05) is 12.1 Å². The van der Waals surface area contributed by atoms with Gasteiger partial charge < -0.3 is 0 Å². The van der Waals surface area contributed by atoms with Gasteiger partial charge in [0.05, 0.1) is 4.92 Å². The van der Waals surface area contributed by atoms with E-state index in [1.54, 1.807) is 12.1 Å². The Morgan fingerprint density at radius 1 is 1.17 bits per heavy atom. The van der Waals surface area contributed by atoms with Gasteiger partial charge in [-0.25, -0.2) is 0 Å². The van der Waals surface area contributed by atoms with Crippen molar-refractivity contribution in [2.75, 3.05) is 0 Å². The number of hydrogen-bond acceptors (Lipinski definition) is 2. The standard InChI is InChI=1S/C9H8NO2/c11-10(12)9-5-3-8(4-6-9)7-1-2-7/h3-6H,1-2H2. The Bertz CT molecular complexity index is 301. The van der Waals surface area contributed by atoms with Crippen LogP contribution in [0.4, 0.5) is 5.69 Å². The summed E-state index contributed by atoms with van der Waals surface area (Å²) in [6.45, 7) is 0. The second kappa shape index (κ2) is 2.59. The van der Waals surface area contributed by atoms with Crippen molar-refractivity contribution >= 4 is 5.69 Å². The normalized spacial score (nSPS) is 16.0. The molecule has 1 aliphatic rings. The van der Waals surface area contributed by atoms with Gasteiger partial charge in [0.2, 0.25) is 0 Å². The van der Waals surface area contributed by atoms with E-state index in [2.05, 4.69) is 0 Å². The summed E-state index contributed by atoms with van der Waals surface area (Å²) in [6, 6.07) is 6.75. The molecule has 3 heteroatoms. The van der Waals surface area contributed by atoms with E-state index >= 15 is 0 Å². The van der Waals surface area contributed by atoms with Crippen molar-refractivity contribution < 1.29 is 4.92 Å². The van der Waals surface area contributed by atoms with E-state index in [0.717, 1.165) is 18.4 Å². The van der Waals surface area contributed by atoms with E-state index in [4.69, 9.17) is 0 Å². The topological polar surface area (TPSA) is 43.1 Å². The van der Waals surface area contributed by atoms with Gasteiger partial charge in [-0.3, -0.25) is 10.1 Å². The third-order valence-corrected chi connectivity index (χ3v) is 1.99. The van der Waals surface area contributed by atoms with Crippen LogP contribution in [0, 0.1) is 16.0 Å². The average molecular weight is 162 g/mol. The number of rotatable bonds is 2. The lowest BCUT2D eigenvalue weighted by Gasteiger charge is -1.95. The van der Waals surface area contributed by atoms with Crippen LogP contribution in [0.2, 0.25) is 0 Å². The lowest BCUT2D eigenvalue weighted by Crippen LogP contribution is -1.87. The van der Waals surface area contributed by atoms with Crippen molar-refractivity contribution in [1.29, 1.82) is 0 Å². The highest BCUT2D eigenvalue weighted by atomic mass is 16.6. The first kappa shape index (κ1) is 7.28. The van der Waals surface area contributed by atoms with Gasteiger partial charge in [-0.05, 0) is 18.4 Å². The molecule has 0 unspecified atom stereocenters. The molecule has 0 aliphatic heterocycles. The highest BCUT2D eigenvalue weighted by molar-refractivity contribution is 5.42. The summed E-state index contributed by atoms with van der Waals surface area (Å²) in [5, 5.41) is 10.3. The predicted octanol–water partition coefficient (Wildman–Crippen LogP) is 2.31. The molecular formula is C9H8NO2. The molecule has 0 aromatic heterocycles. The second-order valence-corrected chi connectivity index (χ2v) is 2.91. The van der Waals surface area contributed by atoms with Gasteiger partial charge in [0.25, 0.3) is 5.69 Å². The fourth-order valence-electron chi connectivity index (χ4n) is 1.17. The quantitative estimate of drug-likeness (QED) is 0.494. The monoisotopic (exact) mass is 162 g/mol. The molecule has 1 fully saturated rings. The Kier molecular flexibility index (Phi) is 1.57. The number of nitrogens with zero attached hydrogens (tertiary/aromatic N) is 1. The predicted molar refractivity (Wildman–Crippen MR) is 44.7 cm³/mol. The molecule has 0 N–H and O–H groups in total. The lowest BCUT2D eigenvalue weighted by atomic mass is 10.1. The summed E-state index contributed by atoms with van der Waals surface area (Å²) in [5.74, 6) is 1.41. The van der Waals surface area contributed by atoms with Crippen LogP contribution in [-0.4, -0.2) is 4.92 Å². The zero-order valence-electron chi connectivity index (χ0n) is 6.49. The summed E-state index contributed by atoms with van der Waals surface area (Å²) in [4.78, 5) is 9.92. The molecule has 0 amide bonds. The van der Waals surface area contributed by atoms with E-state index < -0.39 is 0 Å². The van der Waals surface area contributed by atoms with Crippen LogP contribution in [0.3, 0.4) is 0 Å². The van der Waals surface area contributed by atoms with Gasteiger partial charge in [-0.1, -0.05) is 12.1 Å². The summed E-state index contributed by atoms with van der Waals surface area (Å²) < 4.78 is 0.